The molecular weight excluding hydrogens is 360 g/mol. The van der Waals surface area contributed by atoms with Crippen LogP contribution in [-0.4, -0.2) is 36.5 Å². The molecule has 2 unspecified atom stereocenters. The van der Waals surface area contributed by atoms with E-state index in [0.717, 1.165) is 43.7 Å². The van der Waals surface area contributed by atoms with Crippen LogP contribution in [0.25, 0.3) is 0 Å². The average Bonchev–Trinajstić information content (AvgIpc) is 2.68. The van der Waals surface area contributed by atoms with Gasteiger partial charge in [0.2, 0.25) is 0 Å². The molecule has 1 aliphatic heterocycles. The van der Waals surface area contributed by atoms with Crippen LogP contribution in [0.2, 0.25) is 0 Å². The molecule has 2 N–H and O–H groups in total. The van der Waals surface area contributed by atoms with E-state index in [1.54, 1.807) is 0 Å². The van der Waals surface area contributed by atoms with Crippen molar-refractivity contribution in [2.45, 2.75) is 32.2 Å². The number of likely N-dealkylation sites (tertiary alicyclic amines) is 1. The first-order valence-corrected chi connectivity index (χ1v) is 9.41. The van der Waals surface area contributed by atoms with Gasteiger partial charge in [-0.05, 0) is 42.9 Å². The largest absolute Gasteiger partial charge is 0.483 e. The normalized spacial score (nSPS) is 17.7. The Labute approximate surface area is 168 Å². The van der Waals surface area contributed by atoms with Gasteiger partial charge in [0.05, 0.1) is 0 Å². The summed E-state index contributed by atoms with van der Waals surface area (Å²) in [4.78, 5) is 14.5. The zero-order valence-electron chi connectivity index (χ0n) is 15.8. The van der Waals surface area contributed by atoms with Crippen LogP contribution in [0, 0.1) is 5.92 Å². The lowest BCUT2D eigenvalue weighted by Gasteiger charge is -2.34. The van der Waals surface area contributed by atoms with Crippen molar-refractivity contribution < 1.29 is 9.53 Å². The number of nitrogens with two attached hydrogens (primary N) is 1. The smallest absolute Gasteiger partial charge is 0.260 e. The van der Waals surface area contributed by atoms with Crippen molar-refractivity contribution in [2.75, 3.05) is 19.7 Å². The van der Waals surface area contributed by atoms with Crippen molar-refractivity contribution in [3.63, 3.8) is 0 Å². The molecule has 1 heterocycles. The summed E-state index contributed by atoms with van der Waals surface area (Å²) < 4.78 is 5.90. The first-order chi connectivity index (χ1) is 12.6. The molecule has 1 fully saturated rings. The third kappa shape index (κ3) is 5.98. The van der Waals surface area contributed by atoms with Crippen LogP contribution >= 0.6 is 12.4 Å². The van der Waals surface area contributed by atoms with Crippen molar-refractivity contribution in [1.82, 2.24) is 4.90 Å². The Morgan fingerprint density at radius 3 is 2.63 bits per heavy atom. The highest BCUT2D eigenvalue weighted by Gasteiger charge is 2.26. The van der Waals surface area contributed by atoms with Gasteiger partial charge in [0, 0.05) is 25.6 Å². The molecule has 2 aromatic carbocycles. The van der Waals surface area contributed by atoms with Crippen LogP contribution in [-0.2, 0) is 11.2 Å². The Balaban J connectivity index is 0.00000261. The number of carbonyl (C=O) groups excluding carboxylic acids is 1. The summed E-state index contributed by atoms with van der Waals surface area (Å²) in [6.07, 6.45) is 2.91. The molecular formula is C22H29ClN2O2. The lowest BCUT2D eigenvalue weighted by atomic mass is 9.92. The summed E-state index contributed by atoms with van der Waals surface area (Å²) in [7, 11) is 0. The maximum absolute atomic E-state index is 12.6. The van der Waals surface area contributed by atoms with Gasteiger partial charge in [0.15, 0.2) is 6.61 Å². The monoisotopic (exact) mass is 388 g/mol. The number of hydrogen-bond acceptors (Lipinski definition) is 3. The molecule has 3 rings (SSSR count). The van der Waals surface area contributed by atoms with Crippen molar-refractivity contribution in [3.05, 3.63) is 65.7 Å². The molecule has 1 aliphatic rings. The first kappa shape index (κ1) is 21.3. The molecule has 2 aromatic rings. The Morgan fingerprint density at radius 1 is 1.19 bits per heavy atom. The molecule has 2 atom stereocenters. The highest BCUT2D eigenvalue weighted by atomic mass is 35.5. The molecule has 0 spiro atoms. The fraction of sp³-hybridized carbons (Fsp3) is 0.409. The van der Waals surface area contributed by atoms with Gasteiger partial charge in [0.25, 0.3) is 5.91 Å². The third-order valence-electron chi connectivity index (χ3n) is 5.12. The number of nitrogens with zero attached hydrogens (tertiary/aromatic N) is 1. The number of carbonyl (C=O) groups is 1. The second kappa shape index (κ2) is 10.3. The number of rotatable bonds is 6. The molecule has 0 bridgehead atoms. The van der Waals surface area contributed by atoms with Crippen LogP contribution in [0.1, 0.15) is 30.9 Å². The number of hydrogen-bond donors (Lipinski definition) is 1. The second-order valence-electron chi connectivity index (χ2n) is 7.16. The minimum Gasteiger partial charge on any atom is -0.483 e. The van der Waals surface area contributed by atoms with E-state index in [-0.39, 0.29) is 31.0 Å². The summed E-state index contributed by atoms with van der Waals surface area (Å²) in [5.74, 6) is 1.22. The second-order valence-corrected chi connectivity index (χ2v) is 7.16. The summed E-state index contributed by atoms with van der Waals surface area (Å²) in [6, 6.07) is 18.4. The van der Waals surface area contributed by atoms with E-state index in [1.165, 1.54) is 5.56 Å². The van der Waals surface area contributed by atoms with E-state index in [4.69, 9.17) is 10.5 Å². The first-order valence-electron chi connectivity index (χ1n) is 9.41. The number of amides is 1. The van der Waals surface area contributed by atoms with Crippen LogP contribution in [0.5, 0.6) is 5.75 Å². The van der Waals surface area contributed by atoms with Crippen molar-refractivity contribution in [2.24, 2.45) is 11.7 Å². The van der Waals surface area contributed by atoms with Gasteiger partial charge in [-0.3, -0.25) is 4.79 Å². The number of para-hydroxylation sites is 1. The van der Waals surface area contributed by atoms with Gasteiger partial charge in [0.1, 0.15) is 5.75 Å². The SMILES string of the molecule is CC(N)C1CCCN(C(=O)COc2ccccc2Cc2ccccc2)C1.Cl. The predicted octanol–water partition coefficient (Wildman–Crippen LogP) is 3.66. The Bertz CT molecular complexity index is 721. The molecule has 1 saturated heterocycles. The summed E-state index contributed by atoms with van der Waals surface area (Å²) in [6.45, 7) is 3.65. The minimum atomic E-state index is 0. The van der Waals surface area contributed by atoms with Crippen LogP contribution < -0.4 is 10.5 Å². The topological polar surface area (TPSA) is 55.6 Å². The molecule has 1 amide bonds. The van der Waals surface area contributed by atoms with Gasteiger partial charge in [-0.1, -0.05) is 48.5 Å². The summed E-state index contributed by atoms with van der Waals surface area (Å²) in [5, 5.41) is 0. The summed E-state index contributed by atoms with van der Waals surface area (Å²) >= 11 is 0. The quantitative estimate of drug-likeness (QED) is 0.821. The maximum atomic E-state index is 12.6. The minimum absolute atomic E-state index is 0. The number of halogens is 1. The number of ether oxygens (including phenoxy) is 1. The van der Waals surface area contributed by atoms with E-state index < -0.39 is 0 Å². The Morgan fingerprint density at radius 2 is 1.89 bits per heavy atom. The molecule has 0 saturated carbocycles. The molecule has 0 radical (unpaired) electrons. The van der Waals surface area contributed by atoms with Gasteiger partial charge in [-0.25, -0.2) is 0 Å². The fourth-order valence-corrected chi connectivity index (χ4v) is 3.50. The van der Waals surface area contributed by atoms with E-state index in [1.807, 2.05) is 48.2 Å². The standard InChI is InChI=1S/C22H28N2O2.ClH/c1-17(23)20-11-7-13-24(15-20)22(25)16-26-21-12-6-5-10-19(21)14-18-8-3-2-4-9-18;/h2-6,8-10,12,17,20H,7,11,13-16,23H2,1H3;1H. The highest BCUT2D eigenvalue weighted by molar-refractivity contribution is 5.85. The van der Waals surface area contributed by atoms with Gasteiger partial charge in [-0.2, -0.15) is 0 Å². The van der Waals surface area contributed by atoms with Crippen molar-refractivity contribution >= 4 is 18.3 Å². The van der Waals surface area contributed by atoms with Crippen LogP contribution in [0.3, 0.4) is 0 Å². The van der Waals surface area contributed by atoms with Crippen molar-refractivity contribution in [3.8, 4) is 5.75 Å². The lowest BCUT2D eigenvalue weighted by Crippen LogP contribution is -2.46. The van der Waals surface area contributed by atoms with Crippen LogP contribution in [0.15, 0.2) is 54.6 Å². The van der Waals surface area contributed by atoms with Crippen LogP contribution in [0.4, 0.5) is 0 Å². The van der Waals surface area contributed by atoms with Gasteiger partial charge >= 0.3 is 0 Å². The molecule has 146 valence electrons. The van der Waals surface area contributed by atoms with Gasteiger partial charge in [-0.15, -0.1) is 12.4 Å². The van der Waals surface area contributed by atoms with E-state index in [9.17, 15) is 4.79 Å². The highest BCUT2D eigenvalue weighted by Crippen LogP contribution is 2.22. The summed E-state index contributed by atoms with van der Waals surface area (Å²) in [5.41, 5.74) is 8.34. The Hall–Kier alpha value is -2.04. The number of piperidine rings is 1. The predicted molar refractivity (Wildman–Crippen MR) is 111 cm³/mol. The zero-order valence-corrected chi connectivity index (χ0v) is 16.7. The van der Waals surface area contributed by atoms with E-state index >= 15 is 0 Å². The van der Waals surface area contributed by atoms with Gasteiger partial charge < -0.3 is 15.4 Å². The molecule has 0 aliphatic carbocycles. The van der Waals surface area contributed by atoms with Crippen molar-refractivity contribution in [1.29, 1.82) is 0 Å². The molecule has 4 nitrogen and oxygen atoms in total. The lowest BCUT2D eigenvalue weighted by molar-refractivity contribution is -0.135. The molecule has 27 heavy (non-hydrogen) atoms. The molecule has 5 heteroatoms. The average molecular weight is 389 g/mol. The van der Waals surface area contributed by atoms with E-state index in [2.05, 4.69) is 18.2 Å². The molecule has 0 aromatic heterocycles. The van der Waals surface area contributed by atoms with E-state index in [0.29, 0.717) is 5.92 Å². The number of benzene rings is 2. The zero-order chi connectivity index (χ0) is 18.4. The maximum Gasteiger partial charge on any atom is 0.260 e. The Kier molecular flexibility index (Phi) is 8.14. The third-order valence-corrected chi connectivity index (χ3v) is 5.12. The fourth-order valence-electron chi connectivity index (χ4n) is 3.50.